The van der Waals surface area contributed by atoms with Gasteiger partial charge in [-0.2, -0.15) is 0 Å². The van der Waals surface area contributed by atoms with Crippen molar-refractivity contribution in [3.63, 3.8) is 0 Å². The molecule has 7 rings (SSSR count). The number of nitrogens with zero attached hydrogens (tertiary/aromatic N) is 2. The highest BCUT2D eigenvalue weighted by molar-refractivity contribution is 6.34. The van der Waals surface area contributed by atoms with E-state index in [9.17, 15) is 19.2 Å². The maximum atomic E-state index is 13.9. The Hall–Kier alpha value is -6.02. The Bertz CT molecular complexity index is 2670. The van der Waals surface area contributed by atoms with Gasteiger partial charge in [0, 0.05) is 19.1 Å². The molecule has 0 fully saturated rings. The second-order valence-electron chi connectivity index (χ2n) is 9.63. The minimum absolute atomic E-state index is 0.0581. The molecule has 0 aliphatic carbocycles. The third-order valence-electron chi connectivity index (χ3n) is 6.84. The highest BCUT2D eigenvalue weighted by Crippen LogP contribution is 2.36. The Morgan fingerprint density at radius 3 is 1.70 bits per heavy atom. The van der Waals surface area contributed by atoms with E-state index in [1.807, 2.05) is 0 Å². The van der Waals surface area contributed by atoms with Crippen LogP contribution < -0.4 is 14.4 Å². The molecular weight excluding hydrogens is 556 g/mol. The van der Waals surface area contributed by atoms with Gasteiger partial charge in [0.1, 0.15) is 23.0 Å². The van der Waals surface area contributed by atoms with Crippen LogP contribution >= 0.6 is 0 Å². The van der Waals surface area contributed by atoms with Crippen LogP contribution in [0, 0.1) is 6.92 Å². The van der Waals surface area contributed by atoms with Crippen molar-refractivity contribution < 1.29 is 45.1 Å². The summed E-state index contributed by atoms with van der Waals surface area (Å²) < 4.78 is 112. The SMILES string of the molecule is [2H]c1c([2H])c(C)c([2H])c(Oc2c([2H])c([2H])c([2H])c(Oc3c([2H])c([2H])c([2H])c(N4C(=O)c5ccc(-c6ccc7c(c6)C(=O)N(C)C7=O)cc5C4=O)c3[2H])c2[2H])c1[2H]. The number of ether oxygens (including phenoxy) is 2. The first kappa shape index (κ1) is 16.6. The fourth-order valence-corrected chi connectivity index (χ4v) is 4.73. The van der Waals surface area contributed by atoms with Crippen LogP contribution in [-0.4, -0.2) is 35.6 Å². The van der Waals surface area contributed by atoms with Crippen LogP contribution in [0.25, 0.3) is 11.1 Å². The molecule has 2 aliphatic heterocycles. The molecule has 2 aliphatic rings. The van der Waals surface area contributed by atoms with Crippen LogP contribution in [0.4, 0.5) is 5.69 Å². The average Bonchev–Trinajstić information content (AvgIpc) is 3.56. The molecular formula is C36H24N2O6. The molecule has 8 nitrogen and oxygen atoms in total. The summed E-state index contributed by atoms with van der Waals surface area (Å²) in [5, 5.41) is 0. The molecule has 5 aromatic carbocycles. The Balaban J connectivity index is 1.30. The standard InChI is InChI=1S/C36H24N2O6/c1-21-6-3-8-25(16-21)43-27-10-5-11-28(20-27)44-26-9-4-7-24(19-26)38-35(41)30-15-13-23(18-32(30)36(38)42)22-12-14-29-31(17-22)34(40)37(2)33(29)39/h3-20H,1-2H3/i3D,4D,5D,6D,7D,8D,9D,10D,11D,16D,19D,20D. The van der Waals surface area contributed by atoms with Gasteiger partial charge in [-0.3, -0.25) is 24.1 Å². The molecule has 0 bridgehead atoms. The van der Waals surface area contributed by atoms with Crippen LogP contribution in [-0.2, 0) is 0 Å². The number of carbonyl (C=O) groups excluding carboxylic acids is 4. The van der Waals surface area contributed by atoms with E-state index in [2.05, 4.69) is 0 Å². The van der Waals surface area contributed by atoms with Crippen LogP contribution in [0.2, 0.25) is 0 Å². The van der Waals surface area contributed by atoms with E-state index in [0.717, 1.165) is 4.90 Å². The number of rotatable bonds is 6. The highest BCUT2D eigenvalue weighted by atomic mass is 16.5. The van der Waals surface area contributed by atoms with Crippen molar-refractivity contribution in [2.45, 2.75) is 6.92 Å². The Morgan fingerprint density at radius 1 is 0.568 bits per heavy atom. The van der Waals surface area contributed by atoms with Crippen molar-refractivity contribution in [1.29, 1.82) is 0 Å². The number of amides is 4. The van der Waals surface area contributed by atoms with Gasteiger partial charge in [0.05, 0.1) is 44.4 Å². The zero-order valence-corrected chi connectivity index (χ0v) is 22.8. The minimum Gasteiger partial charge on any atom is -0.457 e. The summed E-state index contributed by atoms with van der Waals surface area (Å²) in [6, 6.07) is -0.957. The molecule has 44 heavy (non-hydrogen) atoms. The predicted octanol–water partition coefficient (Wildman–Crippen LogP) is 7.27. The molecule has 0 atom stereocenters. The van der Waals surface area contributed by atoms with Gasteiger partial charge in [-0.25, -0.2) is 4.90 Å². The quantitative estimate of drug-likeness (QED) is 0.193. The van der Waals surface area contributed by atoms with Gasteiger partial charge in [-0.05, 0) is 84.1 Å². The first-order valence-corrected chi connectivity index (χ1v) is 12.9. The second kappa shape index (κ2) is 10.4. The number of carbonyl (C=O) groups is 4. The van der Waals surface area contributed by atoms with Gasteiger partial charge in [0.25, 0.3) is 23.6 Å². The lowest BCUT2D eigenvalue weighted by Crippen LogP contribution is -2.29. The Morgan fingerprint density at radius 2 is 1.05 bits per heavy atom. The molecule has 0 aromatic heterocycles. The normalized spacial score (nSPS) is 17.6. The summed E-state index contributed by atoms with van der Waals surface area (Å²) in [6.07, 6.45) is 0. The molecule has 0 saturated carbocycles. The smallest absolute Gasteiger partial charge is 0.266 e. The molecule has 0 spiro atoms. The van der Waals surface area contributed by atoms with Gasteiger partial charge in [0.15, 0.2) is 0 Å². The van der Waals surface area contributed by atoms with E-state index in [1.165, 1.54) is 44.3 Å². The van der Waals surface area contributed by atoms with Crippen molar-refractivity contribution in [2.24, 2.45) is 0 Å². The van der Waals surface area contributed by atoms with Crippen molar-refractivity contribution in [2.75, 3.05) is 11.9 Å². The van der Waals surface area contributed by atoms with Crippen LogP contribution in [0.5, 0.6) is 23.0 Å². The van der Waals surface area contributed by atoms with Gasteiger partial charge >= 0.3 is 0 Å². The Kier molecular flexibility index (Phi) is 3.90. The van der Waals surface area contributed by atoms with Crippen LogP contribution in [0.3, 0.4) is 0 Å². The molecule has 0 unspecified atom stereocenters. The molecule has 0 saturated heterocycles. The summed E-state index contributed by atoms with van der Waals surface area (Å²) in [5.74, 6) is -6.26. The third kappa shape index (κ3) is 4.59. The summed E-state index contributed by atoms with van der Waals surface area (Å²) >= 11 is 0. The average molecular weight is 593 g/mol. The third-order valence-corrected chi connectivity index (χ3v) is 6.84. The van der Waals surface area contributed by atoms with Crippen molar-refractivity contribution in [3.8, 4) is 34.1 Å². The fourth-order valence-electron chi connectivity index (χ4n) is 4.73. The number of hydrogen-bond acceptors (Lipinski definition) is 6. The summed E-state index contributed by atoms with van der Waals surface area (Å²) in [7, 11) is 1.34. The van der Waals surface area contributed by atoms with Crippen LogP contribution in [0.15, 0.2) is 109 Å². The maximum absolute atomic E-state index is 13.9. The topological polar surface area (TPSA) is 93.2 Å². The van der Waals surface area contributed by atoms with E-state index in [4.69, 9.17) is 25.9 Å². The zero-order chi connectivity index (χ0) is 41.0. The van der Waals surface area contributed by atoms with Crippen LogP contribution in [0.1, 0.15) is 63.4 Å². The summed E-state index contributed by atoms with van der Waals surface area (Å²) in [5.41, 5.74) is 0.00102. The molecule has 8 heteroatoms. The number of imide groups is 2. The van der Waals surface area contributed by atoms with Gasteiger partial charge in [-0.1, -0.05) is 36.3 Å². The van der Waals surface area contributed by atoms with Gasteiger partial charge in [-0.15, -0.1) is 0 Å². The minimum atomic E-state index is -1.02. The van der Waals surface area contributed by atoms with Crippen molar-refractivity contribution >= 4 is 29.3 Å². The van der Waals surface area contributed by atoms with E-state index in [1.54, 1.807) is 6.07 Å². The molecule has 2 heterocycles. The maximum Gasteiger partial charge on any atom is 0.266 e. The van der Waals surface area contributed by atoms with E-state index in [0.29, 0.717) is 16.0 Å². The largest absolute Gasteiger partial charge is 0.457 e. The Labute approximate surface area is 269 Å². The van der Waals surface area contributed by atoms with E-state index in [-0.39, 0.29) is 27.8 Å². The lowest BCUT2D eigenvalue weighted by atomic mass is 9.97. The first-order chi connectivity index (χ1) is 26.3. The first-order valence-electron chi connectivity index (χ1n) is 18.9. The van der Waals surface area contributed by atoms with E-state index < -0.39 is 125 Å². The lowest BCUT2D eigenvalue weighted by Gasteiger charge is -2.15. The molecule has 0 N–H and O–H groups in total. The van der Waals surface area contributed by atoms with Crippen molar-refractivity contribution in [3.05, 3.63) is 137 Å². The van der Waals surface area contributed by atoms with Crippen molar-refractivity contribution in [1.82, 2.24) is 4.90 Å². The number of fused-ring (bicyclic) bond motifs is 2. The number of benzene rings is 5. The molecule has 4 amide bonds. The molecule has 0 radical (unpaired) electrons. The summed E-state index contributed by atoms with van der Waals surface area (Å²) in [4.78, 5) is 54.1. The molecule has 5 aromatic rings. The fraction of sp³-hybridized carbons (Fsp3) is 0.0556. The number of anilines is 1. The second-order valence-corrected chi connectivity index (χ2v) is 9.63. The zero-order valence-electron chi connectivity index (χ0n) is 34.8. The predicted molar refractivity (Wildman–Crippen MR) is 164 cm³/mol. The lowest BCUT2D eigenvalue weighted by molar-refractivity contribution is 0.0692. The number of hydrogen-bond donors (Lipinski definition) is 0. The van der Waals surface area contributed by atoms with Gasteiger partial charge in [0.2, 0.25) is 0 Å². The molecule has 214 valence electrons. The summed E-state index contributed by atoms with van der Waals surface area (Å²) in [6.45, 7) is 1.32. The monoisotopic (exact) mass is 592 g/mol. The van der Waals surface area contributed by atoms with E-state index >= 15 is 0 Å². The highest BCUT2D eigenvalue weighted by Gasteiger charge is 2.37. The van der Waals surface area contributed by atoms with Gasteiger partial charge < -0.3 is 9.47 Å².